The van der Waals surface area contributed by atoms with Gasteiger partial charge < -0.3 is 19.6 Å². The van der Waals surface area contributed by atoms with Crippen molar-refractivity contribution in [2.45, 2.75) is 6.61 Å². The van der Waals surface area contributed by atoms with Gasteiger partial charge in [0.1, 0.15) is 12.4 Å². The maximum atomic E-state index is 13.0. The number of anilines is 1. The molecule has 0 aliphatic heterocycles. The number of halogens is 1. The number of ether oxygens (including phenoxy) is 2. The van der Waals surface area contributed by atoms with Crippen LogP contribution >= 0.6 is 0 Å². The minimum Gasteiger partial charge on any atom is -0.493 e. The molecule has 0 bridgehead atoms. The Morgan fingerprint density at radius 1 is 1.08 bits per heavy atom. The summed E-state index contributed by atoms with van der Waals surface area (Å²) >= 11 is 0. The van der Waals surface area contributed by atoms with E-state index in [2.05, 4.69) is 10.2 Å². The van der Waals surface area contributed by atoms with Crippen molar-refractivity contribution < 1.29 is 18.3 Å². The molecule has 2 aromatic carbocycles. The van der Waals surface area contributed by atoms with E-state index in [0.29, 0.717) is 24.0 Å². The van der Waals surface area contributed by atoms with E-state index >= 15 is 0 Å². The number of nitrogens with two attached hydrogens (primary N) is 1. The van der Waals surface area contributed by atoms with Crippen LogP contribution in [0.4, 0.5) is 10.4 Å². The van der Waals surface area contributed by atoms with E-state index in [1.165, 1.54) is 12.1 Å². The number of benzene rings is 2. The van der Waals surface area contributed by atoms with Gasteiger partial charge in [-0.3, -0.25) is 0 Å². The molecule has 3 rings (SSSR count). The third-order valence-corrected chi connectivity index (χ3v) is 3.37. The quantitative estimate of drug-likeness (QED) is 0.738. The molecule has 1 aromatic heterocycles. The molecule has 0 spiro atoms. The fourth-order valence-corrected chi connectivity index (χ4v) is 2.13. The Balaban J connectivity index is 1.75. The maximum Gasteiger partial charge on any atom is 0.313 e. The Bertz CT molecular complexity index is 876. The summed E-state index contributed by atoms with van der Waals surface area (Å²) in [6.45, 7) is 0.296. The molecule has 0 unspecified atom stereocenters. The van der Waals surface area contributed by atoms with Crippen LogP contribution in [0.25, 0.3) is 12.2 Å². The standard InChI is InChI=1S/C18H16FN3O3/c1-23-15-8-4-12(5-9-17-21-22-18(20)25-17)10-16(15)24-11-13-2-6-14(19)7-3-13/h2-10H,11H2,1H3,(H2,20,22)/b9-5+. The fourth-order valence-electron chi connectivity index (χ4n) is 2.13. The van der Waals surface area contributed by atoms with E-state index in [9.17, 15) is 4.39 Å². The van der Waals surface area contributed by atoms with Gasteiger partial charge in [-0.1, -0.05) is 23.3 Å². The van der Waals surface area contributed by atoms with Crippen LogP contribution in [-0.4, -0.2) is 17.3 Å². The van der Waals surface area contributed by atoms with Crippen molar-refractivity contribution >= 4 is 18.2 Å². The topological polar surface area (TPSA) is 83.4 Å². The summed E-state index contributed by atoms with van der Waals surface area (Å²) in [5.74, 6) is 1.19. The molecule has 1 heterocycles. The average molecular weight is 341 g/mol. The lowest BCUT2D eigenvalue weighted by atomic mass is 10.2. The van der Waals surface area contributed by atoms with Crippen LogP contribution in [0.2, 0.25) is 0 Å². The van der Waals surface area contributed by atoms with Crippen molar-refractivity contribution in [3.05, 3.63) is 65.3 Å². The highest BCUT2D eigenvalue weighted by Gasteiger charge is 2.06. The minimum atomic E-state index is -0.282. The lowest BCUT2D eigenvalue weighted by Gasteiger charge is -2.11. The molecule has 0 fully saturated rings. The van der Waals surface area contributed by atoms with Crippen LogP contribution in [-0.2, 0) is 6.61 Å². The second-order valence-corrected chi connectivity index (χ2v) is 5.14. The first-order valence-electron chi connectivity index (χ1n) is 7.46. The number of nitrogens with zero attached hydrogens (tertiary/aromatic N) is 2. The third-order valence-electron chi connectivity index (χ3n) is 3.37. The van der Waals surface area contributed by atoms with Crippen molar-refractivity contribution in [3.8, 4) is 11.5 Å². The third kappa shape index (κ3) is 4.35. The molecular weight excluding hydrogens is 325 g/mol. The molecule has 0 aliphatic rings. The maximum absolute atomic E-state index is 13.0. The zero-order valence-corrected chi connectivity index (χ0v) is 13.5. The van der Waals surface area contributed by atoms with Gasteiger partial charge in [0, 0.05) is 6.08 Å². The van der Waals surface area contributed by atoms with E-state index in [1.807, 2.05) is 12.1 Å². The van der Waals surface area contributed by atoms with Crippen LogP contribution in [0.3, 0.4) is 0 Å². The number of nitrogen functional groups attached to an aromatic ring is 1. The summed E-state index contributed by atoms with van der Waals surface area (Å²) in [7, 11) is 1.57. The van der Waals surface area contributed by atoms with Gasteiger partial charge in [0.25, 0.3) is 0 Å². The Hall–Kier alpha value is -3.35. The highest BCUT2D eigenvalue weighted by atomic mass is 19.1. The number of aromatic nitrogens is 2. The second kappa shape index (κ2) is 7.48. The Labute approximate surface area is 143 Å². The van der Waals surface area contributed by atoms with Crippen LogP contribution in [0.15, 0.2) is 46.9 Å². The van der Waals surface area contributed by atoms with Crippen LogP contribution in [0.5, 0.6) is 11.5 Å². The summed E-state index contributed by atoms with van der Waals surface area (Å²) in [5, 5.41) is 7.34. The first-order valence-corrected chi connectivity index (χ1v) is 7.46. The molecule has 3 aromatic rings. The minimum absolute atomic E-state index is 0.0118. The highest BCUT2D eigenvalue weighted by molar-refractivity contribution is 5.68. The van der Waals surface area contributed by atoms with Crippen LogP contribution in [0.1, 0.15) is 17.0 Å². The lowest BCUT2D eigenvalue weighted by Crippen LogP contribution is -1.98. The SMILES string of the molecule is COc1ccc(/C=C/c2nnc(N)o2)cc1OCc1ccc(F)cc1. The summed E-state index contributed by atoms with van der Waals surface area (Å²) < 4.78 is 29.1. The van der Waals surface area contributed by atoms with Gasteiger partial charge in [-0.2, -0.15) is 0 Å². The molecule has 128 valence electrons. The molecule has 6 nitrogen and oxygen atoms in total. The number of methoxy groups -OCH3 is 1. The van der Waals surface area contributed by atoms with E-state index in [0.717, 1.165) is 11.1 Å². The molecule has 0 atom stereocenters. The van der Waals surface area contributed by atoms with Crippen LogP contribution < -0.4 is 15.2 Å². The van der Waals surface area contributed by atoms with Crippen molar-refractivity contribution in [1.82, 2.24) is 10.2 Å². The Morgan fingerprint density at radius 3 is 2.56 bits per heavy atom. The van der Waals surface area contributed by atoms with E-state index < -0.39 is 0 Å². The summed E-state index contributed by atoms with van der Waals surface area (Å²) in [4.78, 5) is 0. The highest BCUT2D eigenvalue weighted by Crippen LogP contribution is 2.29. The molecule has 0 amide bonds. The van der Waals surface area contributed by atoms with Crippen molar-refractivity contribution in [2.75, 3.05) is 12.8 Å². The molecular formula is C18H16FN3O3. The van der Waals surface area contributed by atoms with Crippen LogP contribution in [0, 0.1) is 5.82 Å². The first kappa shape index (κ1) is 16.5. The van der Waals surface area contributed by atoms with Crippen molar-refractivity contribution in [3.63, 3.8) is 0 Å². The number of hydrogen-bond donors (Lipinski definition) is 1. The van der Waals surface area contributed by atoms with Gasteiger partial charge >= 0.3 is 6.01 Å². The van der Waals surface area contributed by atoms with Gasteiger partial charge in [-0.05, 0) is 41.5 Å². The molecule has 2 N–H and O–H groups in total. The molecule has 0 radical (unpaired) electrons. The van der Waals surface area contributed by atoms with Crippen molar-refractivity contribution in [1.29, 1.82) is 0 Å². The molecule has 0 aliphatic carbocycles. The normalized spacial score (nSPS) is 11.0. The van der Waals surface area contributed by atoms with Gasteiger partial charge in [-0.15, -0.1) is 5.10 Å². The number of rotatable bonds is 6. The first-order chi connectivity index (χ1) is 12.1. The lowest BCUT2D eigenvalue weighted by molar-refractivity contribution is 0.284. The predicted molar refractivity (Wildman–Crippen MR) is 91.4 cm³/mol. The van der Waals surface area contributed by atoms with E-state index in [1.54, 1.807) is 37.5 Å². The van der Waals surface area contributed by atoms with E-state index in [4.69, 9.17) is 19.6 Å². The Kier molecular flexibility index (Phi) is 4.94. The molecule has 25 heavy (non-hydrogen) atoms. The summed E-state index contributed by atoms with van der Waals surface area (Å²) in [6.07, 6.45) is 3.44. The summed E-state index contributed by atoms with van der Waals surface area (Å²) in [6, 6.07) is 11.6. The zero-order chi connectivity index (χ0) is 17.6. The number of hydrogen-bond acceptors (Lipinski definition) is 6. The second-order valence-electron chi connectivity index (χ2n) is 5.14. The monoisotopic (exact) mass is 341 g/mol. The fraction of sp³-hybridized carbons (Fsp3) is 0.111. The predicted octanol–water partition coefficient (Wildman–Crippen LogP) is 3.55. The largest absolute Gasteiger partial charge is 0.493 e. The molecule has 0 saturated carbocycles. The molecule has 0 saturated heterocycles. The van der Waals surface area contributed by atoms with Gasteiger partial charge in [0.05, 0.1) is 7.11 Å². The van der Waals surface area contributed by atoms with E-state index in [-0.39, 0.29) is 11.8 Å². The van der Waals surface area contributed by atoms with Gasteiger partial charge in [0.2, 0.25) is 5.89 Å². The smallest absolute Gasteiger partial charge is 0.313 e. The van der Waals surface area contributed by atoms with Crippen molar-refractivity contribution in [2.24, 2.45) is 0 Å². The van der Waals surface area contributed by atoms with Gasteiger partial charge in [0.15, 0.2) is 11.5 Å². The zero-order valence-electron chi connectivity index (χ0n) is 13.5. The average Bonchev–Trinajstić information content (AvgIpc) is 3.05. The molecule has 7 heteroatoms. The Morgan fingerprint density at radius 2 is 1.88 bits per heavy atom. The van der Waals surface area contributed by atoms with Gasteiger partial charge in [-0.25, -0.2) is 4.39 Å². The summed E-state index contributed by atoms with van der Waals surface area (Å²) in [5.41, 5.74) is 7.09.